The van der Waals surface area contributed by atoms with Gasteiger partial charge in [-0.2, -0.15) is 0 Å². The maximum absolute atomic E-state index is 5.49. The van der Waals surface area contributed by atoms with Crippen molar-refractivity contribution in [1.82, 2.24) is 10.2 Å². The monoisotopic (exact) mass is 240 g/mol. The Balaban J connectivity index is 1.74. The van der Waals surface area contributed by atoms with Crippen molar-refractivity contribution in [3.05, 3.63) is 0 Å². The van der Waals surface area contributed by atoms with Gasteiger partial charge >= 0.3 is 0 Å². The van der Waals surface area contributed by atoms with Gasteiger partial charge in [0, 0.05) is 25.7 Å². The highest BCUT2D eigenvalue weighted by Gasteiger charge is 2.26. The molecule has 2 atom stereocenters. The maximum atomic E-state index is 5.49. The van der Waals surface area contributed by atoms with Crippen molar-refractivity contribution in [3.8, 4) is 0 Å². The van der Waals surface area contributed by atoms with E-state index < -0.39 is 0 Å². The van der Waals surface area contributed by atoms with Crippen LogP contribution in [0.1, 0.15) is 39.0 Å². The lowest BCUT2D eigenvalue weighted by molar-refractivity contribution is 0.113. The molecule has 2 fully saturated rings. The summed E-state index contributed by atoms with van der Waals surface area (Å²) in [4.78, 5) is 2.71. The van der Waals surface area contributed by atoms with E-state index in [0.29, 0.717) is 0 Å². The van der Waals surface area contributed by atoms with E-state index in [-0.39, 0.29) is 0 Å². The van der Waals surface area contributed by atoms with Crippen molar-refractivity contribution >= 4 is 0 Å². The van der Waals surface area contributed by atoms with Gasteiger partial charge in [-0.25, -0.2) is 0 Å². The Morgan fingerprint density at radius 3 is 3.00 bits per heavy atom. The standard InChI is InChI=1S/C14H28N2O/c1-2-7-15-10-14-5-3-4-8-16(14)11-13-6-9-17-12-13/h13-15H,2-12H2,1H3. The Bertz CT molecular complexity index is 204. The van der Waals surface area contributed by atoms with Crippen LogP contribution >= 0.6 is 0 Å². The summed E-state index contributed by atoms with van der Waals surface area (Å²) in [7, 11) is 0. The molecule has 0 amide bonds. The molecular weight excluding hydrogens is 212 g/mol. The number of likely N-dealkylation sites (tertiary alicyclic amines) is 1. The highest BCUT2D eigenvalue weighted by atomic mass is 16.5. The molecule has 2 unspecified atom stereocenters. The van der Waals surface area contributed by atoms with Gasteiger partial charge in [0.15, 0.2) is 0 Å². The summed E-state index contributed by atoms with van der Waals surface area (Å²) in [6.07, 6.45) is 6.69. The molecule has 2 aliphatic heterocycles. The first-order chi connectivity index (χ1) is 8.40. The third-order valence-corrected chi connectivity index (χ3v) is 4.07. The fourth-order valence-corrected chi connectivity index (χ4v) is 3.04. The molecule has 0 aromatic rings. The molecule has 0 bridgehead atoms. The molecule has 0 aromatic heterocycles. The third-order valence-electron chi connectivity index (χ3n) is 4.07. The Kier molecular flexibility index (Phi) is 5.75. The molecule has 3 nitrogen and oxygen atoms in total. The number of ether oxygens (including phenoxy) is 1. The van der Waals surface area contributed by atoms with Gasteiger partial charge in [0.1, 0.15) is 0 Å². The SMILES string of the molecule is CCCNCC1CCCCN1CC1CCOC1. The van der Waals surface area contributed by atoms with Crippen LogP contribution in [-0.4, -0.2) is 50.3 Å². The van der Waals surface area contributed by atoms with E-state index in [1.165, 1.54) is 51.7 Å². The maximum Gasteiger partial charge on any atom is 0.0507 e. The zero-order valence-corrected chi connectivity index (χ0v) is 11.3. The first-order valence-corrected chi connectivity index (χ1v) is 7.42. The van der Waals surface area contributed by atoms with Crippen LogP contribution in [0.3, 0.4) is 0 Å². The van der Waals surface area contributed by atoms with E-state index in [0.717, 1.165) is 31.7 Å². The van der Waals surface area contributed by atoms with Gasteiger partial charge < -0.3 is 10.1 Å². The average molecular weight is 240 g/mol. The van der Waals surface area contributed by atoms with Gasteiger partial charge in [0.2, 0.25) is 0 Å². The molecule has 2 rings (SSSR count). The highest BCUT2D eigenvalue weighted by Crippen LogP contribution is 2.21. The number of nitrogens with zero attached hydrogens (tertiary/aromatic N) is 1. The minimum absolute atomic E-state index is 0.774. The van der Waals surface area contributed by atoms with Crippen LogP contribution in [0.15, 0.2) is 0 Å². The molecule has 2 saturated heterocycles. The molecule has 2 aliphatic rings. The van der Waals surface area contributed by atoms with Crippen molar-refractivity contribution in [2.24, 2.45) is 5.92 Å². The van der Waals surface area contributed by atoms with Gasteiger partial charge in [0.05, 0.1) is 6.61 Å². The van der Waals surface area contributed by atoms with E-state index in [4.69, 9.17) is 4.74 Å². The third kappa shape index (κ3) is 4.23. The van der Waals surface area contributed by atoms with E-state index in [1.54, 1.807) is 0 Å². The minimum atomic E-state index is 0.774. The Morgan fingerprint density at radius 1 is 1.29 bits per heavy atom. The second-order valence-corrected chi connectivity index (χ2v) is 5.58. The summed E-state index contributed by atoms with van der Waals surface area (Å²) in [6.45, 7) is 9.12. The predicted molar refractivity (Wildman–Crippen MR) is 71.3 cm³/mol. The van der Waals surface area contributed by atoms with Crippen LogP contribution in [0.4, 0.5) is 0 Å². The molecule has 2 heterocycles. The van der Waals surface area contributed by atoms with Crippen molar-refractivity contribution in [2.45, 2.75) is 45.1 Å². The van der Waals surface area contributed by atoms with Crippen LogP contribution in [0.25, 0.3) is 0 Å². The molecule has 3 heteroatoms. The van der Waals surface area contributed by atoms with E-state index >= 15 is 0 Å². The van der Waals surface area contributed by atoms with E-state index in [9.17, 15) is 0 Å². The van der Waals surface area contributed by atoms with E-state index in [1.807, 2.05) is 0 Å². The number of rotatable bonds is 6. The summed E-state index contributed by atoms with van der Waals surface area (Å²) in [5.74, 6) is 0.793. The Hall–Kier alpha value is -0.120. The van der Waals surface area contributed by atoms with Gasteiger partial charge in [-0.1, -0.05) is 13.3 Å². The van der Waals surface area contributed by atoms with Crippen LogP contribution < -0.4 is 5.32 Å². The Labute approximate surface area is 106 Å². The van der Waals surface area contributed by atoms with Gasteiger partial charge in [-0.05, 0) is 44.7 Å². The van der Waals surface area contributed by atoms with Crippen LogP contribution in [0, 0.1) is 5.92 Å². The molecule has 0 aliphatic carbocycles. The first kappa shape index (κ1) is 13.3. The molecule has 0 radical (unpaired) electrons. The van der Waals surface area contributed by atoms with Gasteiger partial charge in [-0.15, -0.1) is 0 Å². The smallest absolute Gasteiger partial charge is 0.0507 e. The summed E-state index contributed by atoms with van der Waals surface area (Å²) in [6, 6.07) is 0.774. The van der Waals surface area contributed by atoms with Crippen LogP contribution in [-0.2, 0) is 4.74 Å². The summed E-state index contributed by atoms with van der Waals surface area (Å²) >= 11 is 0. The van der Waals surface area contributed by atoms with Crippen molar-refractivity contribution in [2.75, 3.05) is 39.4 Å². The minimum Gasteiger partial charge on any atom is -0.381 e. The normalized spacial score (nSPS) is 30.9. The lowest BCUT2D eigenvalue weighted by Crippen LogP contribution is -2.47. The average Bonchev–Trinajstić information content (AvgIpc) is 2.84. The fourth-order valence-electron chi connectivity index (χ4n) is 3.04. The first-order valence-electron chi connectivity index (χ1n) is 7.42. The zero-order valence-electron chi connectivity index (χ0n) is 11.3. The molecule has 1 N–H and O–H groups in total. The summed E-state index contributed by atoms with van der Waals surface area (Å²) in [5.41, 5.74) is 0. The number of piperidine rings is 1. The largest absolute Gasteiger partial charge is 0.381 e. The molecule has 17 heavy (non-hydrogen) atoms. The number of hydrogen-bond acceptors (Lipinski definition) is 3. The lowest BCUT2D eigenvalue weighted by Gasteiger charge is -2.37. The second kappa shape index (κ2) is 7.34. The lowest BCUT2D eigenvalue weighted by atomic mass is 9.99. The van der Waals surface area contributed by atoms with Crippen LogP contribution in [0.2, 0.25) is 0 Å². The highest BCUT2D eigenvalue weighted by molar-refractivity contribution is 4.81. The quantitative estimate of drug-likeness (QED) is 0.717. The summed E-state index contributed by atoms with van der Waals surface area (Å²) in [5, 5.41) is 3.59. The molecular formula is C14H28N2O. The van der Waals surface area contributed by atoms with E-state index in [2.05, 4.69) is 17.1 Å². The van der Waals surface area contributed by atoms with Crippen molar-refractivity contribution in [3.63, 3.8) is 0 Å². The van der Waals surface area contributed by atoms with Gasteiger partial charge in [-0.3, -0.25) is 4.90 Å². The molecule has 0 saturated carbocycles. The van der Waals surface area contributed by atoms with Crippen molar-refractivity contribution in [1.29, 1.82) is 0 Å². The molecule has 100 valence electrons. The molecule has 0 spiro atoms. The number of nitrogens with one attached hydrogen (secondary N) is 1. The van der Waals surface area contributed by atoms with Crippen molar-refractivity contribution < 1.29 is 4.74 Å². The van der Waals surface area contributed by atoms with Crippen LogP contribution in [0.5, 0.6) is 0 Å². The number of hydrogen-bond donors (Lipinski definition) is 1. The fraction of sp³-hybridized carbons (Fsp3) is 1.00. The predicted octanol–water partition coefficient (Wildman–Crippen LogP) is 1.88. The summed E-state index contributed by atoms with van der Waals surface area (Å²) < 4.78 is 5.49. The zero-order chi connectivity index (χ0) is 11.9. The Morgan fingerprint density at radius 2 is 2.24 bits per heavy atom. The molecule has 0 aromatic carbocycles. The second-order valence-electron chi connectivity index (χ2n) is 5.58. The topological polar surface area (TPSA) is 24.5 Å². The van der Waals surface area contributed by atoms with Gasteiger partial charge in [0.25, 0.3) is 0 Å².